The summed E-state index contributed by atoms with van der Waals surface area (Å²) in [6, 6.07) is 11.2. The Morgan fingerprint density at radius 3 is 2.76 bits per heavy atom. The van der Waals surface area contributed by atoms with Gasteiger partial charge in [0.15, 0.2) is 0 Å². The molecule has 2 aromatic carbocycles. The fraction of sp³-hybridized carbons (Fsp3) is 0.188. The second-order valence-corrected chi connectivity index (χ2v) is 6.20. The van der Waals surface area contributed by atoms with Gasteiger partial charge in [-0.2, -0.15) is 0 Å². The van der Waals surface area contributed by atoms with Gasteiger partial charge in [0.25, 0.3) is 0 Å². The number of hydrogen-bond donors (Lipinski definition) is 2. The predicted octanol–water partition coefficient (Wildman–Crippen LogP) is 4.27. The lowest BCUT2D eigenvalue weighted by atomic mass is 10.2. The molecular weight excluding hydrogens is 304 g/mol. The lowest BCUT2D eigenvalue weighted by molar-refractivity contribution is -0.113. The standard InChI is InChI=1S/C16H17ClN2OS/c1-10-8-12(18)6-7-15(10)21-9-16(20)19-14-5-3-4-13(17)11(14)2/h3-8H,9,18H2,1-2H3,(H,19,20). The van der Waals surface area contributed by atoms with Gasteiger partial charge in [0.05, 0.1) is 5.75 Å². The lowest BCUT2D eigenvalue weighted by Crippen LogP contribution is -2.15. The van der Waals surface area contributed by atoms with Gasteiger partial charge >= 0.3 is 0 Å². The zero-order valence-corrected chi connectivity index (χ0v) is 13.5. The van der Waals surface area contributed by atoms with Crippen molar-refractivity contribution in [3.8, 4) is 0 Å². The highest BCUT2D eigenvalue weighted by Crippen LogP contribution is 2.26. The number of anilines is 2. The molecule has 5 heteroatoms. The van der Waals surface area contributed by atoms with Crippen molar-refractivity contribution in [2.75, 3.05) is 16.8 Å². The van der Waals surface area contributed by atoms with Crippen LogP contribution in [0.2, 0.25) is 5.02 Å². The molecule has 21 heavy (non-hydrogen) atoms. The van der Waals surface area contributed by atoms with E-state index < -0.39 is 0 Å². The predicted molar refractivity (Wildman–Crippen MR) is 91.1 cm³/mol. The van der Waals surface area contributed by atoms with Gasteiger partial charge < -0.3 is 11.1 Å². The van der Waals surface area contributed by atoms with Crippen molar-refractivity contribution in [2.24, 2.45) is 0 Å². The van der Waals surface area contributed by atoms with Gasteiger partial charge in [-0.3, -0.25) is 4.79 Å². The quantitative estimate of drug-likeness (QED) is 0.653. The number of thioether (sulfide) groups is 1. The van der Waals surface area contributed by atoms with Gasteiger partial charge in [-0.15, -0.1) is 11.8 Å². The highest BCUT2D eigenvalue weighted by Gasteiger charge is 2.08. The van der Waals surface area contributed by atoms with Crippen LogP contribution in [0.5, 0.6) is 0 Å². The topological polar surface area (TPSA) is 55.1 Å². The summed E-state index contributed by atoms with van der Waals surface area (Å²) in [5, 5.41) is 3.53. The summed E-state index contributed by atoms with van der Waals surface area (Å²) >= 11 is 7.53. The van der Waals surface area contributed by atoms with Gasteiger partial charge in [-0.25, -0.2) is 0 Å². The number of carbonyl (C=O) groups excluding carboxylic acids is 1. The first-order chi connectivity index (χ1) is 9.97. The molecule has 0 aliphatic heterocycles. The molecule has 0 spiro atoms. The minimum atomic E-state index is -0.0541. The summed E-state index contributed by atoms with van der Waals surface area (Å²) in [7, 11) is 0. The minimum absolute atomic E-state index is 0.0541. The monoisotopic (exact) mass is 320 g/mol. The Kier molecular flexibility index (Phi) is 5.15. The number of nitrogen functional groups attached to an aromatic ring is 1. The van der Waals surface area contributed by atoms with Gasteiger partial charge in [0, 0.05) is 21.3 Å². The van der Waals surface area contributed by atoms with Crippen molar-refractivity contribution >= 4 is 40.6 Å². The van der Waals surface area contributed by atoms with Gasteiger partial charge in [0.2, 0.25) is 5.91 Å². The van der Waals surface area contributed by atoms with E-state index in [1.807, 2.05) is 44.2 Å². The molecule has 110 valence electrons. The molecule has 2 rings (SSSR count). The molecule has 1 amide bonds. The third-order valence-electron chi connectivity index (χ3n) is 3.10. The Morgan fingerprint density at radius 1 is 1.29 bits per heavy atom. The maximum Gasteiger partial charge on any atom is 0.234 e. The number of halogens is 1. The molecule has 0 aliphatic rings. The molecule has 0 unspecified atom stereocenters. The first-order valence-corrected chi connectivity index (χ1v) is 7.87. The van der Waals surface area contributed by atoms with Crippen LogP contribution in [0.1, 0.15) is 11.1 Å². The largest absolute Gasteiger partial charge is 0.399 e. The van der Waals surface area contributed by atoms with Gasteiger partial charge in [-0.1, -0.05) is 17.7 Å². The molecule has 0 atom stereocenters. The molecule has 0 fully saturated rings. The number of benzene rings is 2. The van der Waals surface area contributed by atoms with Crippen LogP contribution in [0.25, 0.3) is 0 Å². The van der Waals surface area contributed by atoms with Crippen molar-refractivity contribution < 1.29 is 4.79 Å². The maximum absolute atomic E-state index is 12.0. The summed E-state index contributed by atoms with van der Waals surface area (Å²) < 4.78 is 0. The average Bonchev–Trinajstić information content (AvgIpc) is 2.43. The minimum Gasteiger partial charge on any atom is -0.399 e. The Bertz CT molecular complexity index is 673. The first kappa shape index (κ1) is 15.7. The molecule has 0 radical (unpaired) electrons. The van der Waals surface area contributed by atoms with Crippen LogP contribution in [0.4, 0.5) is 11.4 Å². The van der Waals surface area contributed by atoms with E-state index in [9.17, 15) is 4.79 Å². The molecule has 3 N–H and O–H groups in total. The van der Waals surface area contributed by atoms with Gasteiger partial charge in [-0.05, 0) is 55.3 Å². The van der Waals surface area contributed by atoms with E-state index in [0.29, 0.717) is 10.8 Å². The van der Waals surface area contributed by atoms with Crippen LogP contribution in [0.3, 0.4) is 0 Å². The first-order valence-electron chi connectivity index (χ1n) is 6.51. The third kappa shape index (κ3) is 4.16. The fourth-order valence-corrected chi connectivity index (χ4v) is 2.89. The number of amides is 1. The molecule has 0 aromatic heterocycles. The van der Waals surface area contributed by atoms with E-state index in [-0.39, 0.29) is 5.91 Å². The van der Waals surface area contributed by atoms with Crippen molar-refractivity contribution in [3.05, 3.63) is 52.5 Å². The highest BCUT2D eigenvalue weighted by atomic mass is 35.5. The Morgan fingerprint density at radius 2 is 2.05 bits per heavy atom. The molecule has 0 saturated heterocycles. The van der Waals surface area contributed by atoms with Crippen LogP contribution in [0.15, 0.2) is 41.3 Å². The Labute approximate surface area is 133 Å². The van der Waals surface area contributed by atoms with Crippen LogP contribution >= 0.6 is 23.4 Å². The van der Waals surface area contributed by atoms with E-state index in [0.717, 1.165) is 27.4 Å². The number of hydrogen-bond acceptors (Lipinski definition) is 3. The number of rotatable bonds is 4. The van der Waals surface area contributed by atoms with Crippen LogP contribution in [-0.4, -0.2) is 11.7 Å². The van der Waals surface area contributed by atoms with Crippen molar-refractivity contribution in [1.82, 2.24) is 0 Å². The molecule has 0 aliphatic carbocycles. The van der Waals surface area contributed by atoms with Gasteiger partial charge in [0.1, 0.15) is 0 Å². The number of nitrogens with two attached hydrogens (primary N) is 1. The van der Waals surface area contributed by atoms with E-state index in [4.69, 9.17) is 17.3 Å². The SMILES string of the molecule is Cc1cc(N)ccc1SCC(=O)Nc1cccc(Cl)c1C. The second-order valence-electron chi connectivity index (χ2n) is 4.77. The molecule has 0 heterocycles. The summed E-state index contributed by atoms with van der Waals surface area (Å²) in [6.45, 7) is 3.87. The van der Waals surface area contributed by atoms with Crippen LogP contribution < -0.4 is 11.1 Å². The maximum atomic E-state index is 12.0. The van der Waals surface area contributed by atoms with E-state index in [1.54, 1.807) is 6.07 Å². The third-order valence-corrected chi connectivity index (χ3v) is 4.68. The normalized spacial score (nSPS) is 10.4. The average molecular weight is 321 g/mol. The molecule has 0 bridgehead atoms. The zero-order chi connectivity index (χ0) is 15.4. The van der Waals surface area contributed by atoms with Crippen molar-refractivity contribution in [2.45, 2.75) is 18.7 Å². The van der Waals surface area contributed by atoms with Crippen molar-refractivity contribution in [1.29, 1.82) is 0 Å². The van der Waals surface area contributed by atoms with E-state index >= 15 is 0 Å². The summed E-state index contributed by atoms with van der Waals surface area (Å²) in [6.07, 6.45) is 0. The molecule has 2 aromatic rings. The number of nitrogens with one attached hydrogen (secondary N) is 1. The smallest absolute Gasteiger partial charge is 0.234 e. The fourth-order valence-electron chi connectivity index (χ4n) is 1.91. The summed E-state index contributed by atoms with van der Waals surface area (Å²) in [4.78, 5) is 13.1. The highest BCUT2D eigenvalue weighted by molar-refractivity contribution is 8.00. The second kappa shape index (κ2) is 6.87. The van der Waals surface area contributed by atoms with Crippen LogP contribution in [-0.2, 0) is 4.79 Å². The number of carbonyl (C=O) groups is 1. The molecule has 3 nitrogen and oxygen atoms in total. The lowest BCUT2D eigenvalue weighted by Gasteiger charge is -2.10. The van der Waals surface area contributed by atoms with Crippen molar-refractivity contribution in [3.63, 3.8) is 0 Å². The summed E-state index contributed by atoms with van der Waals surface area (Å²) in [5.41, 5.74) is 9.15. The van der Waals surface area contributed by atoms with E-state index in [2.05, 4.69) is 5.32 Å². The Hall–Kier alpha value is -1.65. The Balaban J connectivity index is 1.97. The van der Waals surface area contributed by atoms with Crippen LogP contribution in [0, 0.1) is 13.8 Å². The van der Waals surface area contributed by atoms with E-state index in [1.165, 1.54) is 11.8 Å². The number of aryl methyl sites for hydroxylation is 1. The summed E-state index contributed by atoms with van der Waals surface area (Å²) in [5.74, 6) is 0.290. The molecule has 0 saturated carbocycles. The zero-order valence-electron chi connectivity index (χ0n) is 11.9. The molecular formula is C16H17ClN2OS.